The highest BCUT2D eigenvalue weighted by Crippen LogP contribution is 2.33. The van der Waals surface area contributed by atoms with Crippen LogP contribution < -0.4 is 10.5 Å². The highest BCUT2D eigenvalue weighted by atomic mass is 16.5. The third-order valence-electron chi connectivity index (χ3n) is 3.57. The fourth-order valence-electron chi connectivity index (χ4n) is 2.56. The summed E-state index contributed by atoms with van der Waals surface area (Å²) in [4.78, 5) is 0. The monoisotopic (exact) mass is 235 g/mol. The highest BCUT2D eigenvalue weighted by molar-refractivity contribution is 5.39. The van der Waals surface area contributed by atoms with E-state index >= 15 is 0 Å². The number of hydrogen-bond acceptors (Lipinski definition) is 3. The fraction of sp³-hybridized carbons (Fsp3) is 0.571. The molecule has 17 heavy (non-hydrogen) atoms. The summed E-state index contributed by atoms with van der Waals surface area (Å²) in [7, 11) is 1.69. The summed E-state index contributed by atoms with van der Waals surface area (Å²) in [6, 6.07) is 6.14. The molecule has 1 saturated heterocycles. The number of rotatable bonds is 2. The molecule has 0 aromatic heterocycles. The molecule has 0 saturated carbocycles. The second-order valence-electron chi connectivity index (χ2n) is 4.80. The van der Waals surface area contributed by atoms with Crippen LogP contribution in [0.4, 0.5) is 0 Å². The summed E-state index contributed by atoms with van der Waals surface area (Å²) in [6.45, 7) is 3.67. The molecule has 94 valence electrons. The molecule has 2 rings (SSSR count). The molecule has 1 atom stereocenters. The average molecular weight is 235 g/mol. The van der Waals surface area contributed by atoms with Crippen molar-refractivity contribution in [2.24, 2.45) is 5.73 Å². The van der Waals surface area contributed by atoms with Gasteiger partial charge < -0.3 is 15.2 Å². The van der Waals surface area contributed by atoms with Crippen LogP contribution in [0.5, 0.6) is 5.75 Å². The molecule has 1 aliphatic heterocycles. The summed E-state index contributed by atoms with van der Waals surface area (Å²) in [5.74, 6) is 0.889. The van der Waals surface area contributed by atoms with E-state index in [0.29, 0.717) is 0 Å². The van der Waals surface area contributed by atoms with Gasteiger partial charge in [-0.2, -0.15) is 0 Å². The molecule has 1 aromatic rings. The Balaban J connectivity index is 2.31. The van der Waals surface area contributed by atoms with Gasteiger partial charge in [-0.15, -0.1) is 0 Å². The van der Waals surface area contributed by atoms with Crippen molar-refractivity contribution < 1.29 is 9.47 Å². The summed E-state index contributed by atoms with van der Waals surface area (Å²) in [5, 5.41) is 0. The van der Waals surface area contributed by atoms with E-state index in [1.54, 1.807) is 7.11 Å². The molecule has 0 amide bonds. The molecule has 3 heteroatoms. The minimum atomic E-state index is -0.243. The van der Waals surface area contributed by atoms with Gasteiger partial charge in [-0.25, -0.2) is 0 Å². The zero-order valence-electron chi connectivity index (χ0n) is 10.7. The Hall–Kier alpha value is -1.06. The maximum Gasteiger partial charge on any atom is 0.119 e. The van der Waals surface area contributed by atoms with E-state index in [1.165, 1.54) is 11.1 Å². The molecular weight excluding hydrogens is 214 g/mol. The van der Waals surface area contributed by atoms with Gasteiger partial charge in [0, 0.05) is 18.8 Å². The predicted octanol–water partition coefficient (Wildman–Crippen LogP) is 2.36. The Bertz CT molecular complexity index is 382. The zero-order chi connectivity index (χ0) is 12.3. The molecule has 1 unspecified atom stereocenters. The van der Waals surface area contributed by atoms with Gasteiger partial charge in [0.1, 0.15) is 5.75 Å². The van der Waals surface area contributed by atoms with Crippen LogP contribution >= 0.6 is 0 Å². The van der Waals surface area contributed by atoms with Crippen LogP contribution in [-0.2, 0) is 10.3 Å². The molecular formula is C14H21NO2. The summed E-state index contributed by atoms with van der Waals surface area (Å²) >= 11 is 0. The van der Waals surface area contributed by atoms with E-state index in [9.17, 15) is 0 Å². The molecule has 0 bridgehead atoms. The summed E-state index contributed by atoms with van der Waals surface area (Å²) in [5.41, 5.74) is 8.74. The Morgan fingerprint density at radius 1 is 1.29 bits per heavy atom. The lowest BCUT2D eigenvalue weighted by Crippen LogP contribution is -2.37. The van der Waals surface area contributed by atoms with Crippen molar-refractivity contribution in [2.75, 3.05) is 20.3 Å². The first kappa shape index (κ1) is 12.4. The van der Waals surface area contributed by atoms with Gasteiger partial charge in [0.15, 0.2) is 0 Å². The Morgan fingerprint density at radius 2 is 2.12 bits per heavy atom. The lowest BCUT2D eigenvalue weighted by molar-refractivity contribution is 0.139. The van der Waals surface area contributed by atoms with Crippen LogP contribution in [0, 0.1) is 6.92 Å². The molecule has 0 radical (unpaired) electrons. The van der Waals surface area contributed by atoms with Crippen molar-refractivity contribution in [2.45, 2.75) is 31.7 Å². The van der Waals surface area contributed by atoms with Crippen LogP contribution in [0.2, 0.25) is 0 Å². The van der Waals surface area contributed by atoms with Gasteiger partial charge in [0.2, 0.25) is 0 Å². The lowest BCUT2D eigenvalue weighted by Gasteiger charge is -2.30. The van der Waals surface area contributed by atoms with Gasteiger partial charge in [-0.3, -0.25) is 0 Å². The standard InChI is InChI=1S/C14H21NO2/c1-11-10-12(16-2)4-5-13(11)14(15)6-3-8-17-9-7-14/h4-5,10H,3,6-9,15H2,1-2H3. The highest BCUT2D eigenvalue weighted by Gasteiger charge is 2.29. The Kier molecular flexibility index (Phi) is 3.69. The largest absolute Gasteiger partial charge is 0.497 e. The molecule has 3 nitrogen and oxygen atoms in total. The average Bonchev–Trinajstić information content (AvgIpc) is 2.54. The van der Waals surface area contributed by atoms with Crippen LogP contribution in [0.25, 0.3) is 0 Å². The lowest BCUT2D eigenvalue weighted by atomic mass is 9.82. The van der Waals surface area contributed by atoms with Crippen LogP contribution in [-0.4, -0.2) is 20.3 Å². The van der Waals surface area contributed by atoms with E-state index in [4.69, 9.17) is 15.2 Å². The van der Waals surface area contributed by atoms with Gasteiger partial charge in [0.05, 0.1) is 7.11 Å². The molecule has 0 spiro atoms. The number of methoxy groups -OCH3 is 1. The van der Waals surface area contributed by atoms with E-state index < -0.39 is 0 Å². The molecule has 1 aliphatic rings. The minimum Gasteiger partial charge on any atom is -0.497 e. The quantitative estimate of drug-likeness (QED) is 0.855. The van der Waals surface area contributed by atoms with E-state index in [-0.39, 0.29) is 5.54 Å². The minimum absolute atomic E-state index is 0.243. The summed E-state index contributed by atoms with van der Waals surface area (Å²) in [6.07, 6.45) is 2.91. The Morgan fingerprint density at radius 3 is 2.82 bits per heavy atom. The van der Waals surface area contributed by atoms with Crippen LogP contribution in [0.3, 0.4) is 0 Å². The van der Waals surface area contributed by atoms with Gasteiger partial charge in [-0.1, -0.05) is 6.07 Å². The van der Waals surface area contributed by atoms with Crippen LogP contribution in [0.15, 0.2) is 18.2 Å². The van der Waals surface area contributed by atoms with Crippen molar-refractivity contribution in [3.8, 4) is 5.75 Å². The van der Waals surface area contributed by atoms with Gasteiger partial charge >= 0.3 is 0 Å². The van der Waals surface area contributed by atoms with E-state index in [1.807, 2.05) is 6.07 Å². The summed E-state index contributed by atoms with van der Waals surface area (Å²) < 4.78 is 10.7. The van der Waals surface area contributed by atoms with Crippen molar-refractivity contribution >= 4 is 0 Å². The third-order valence-corrected chi connectivity index (χ3v) is 3.57. The van der Waals surface area contributed by atoms with E-state index in [0.717, 1.165) is 38.2 Å². The van der Waals surface area contributed by atoms with Crippen molar-refractivity contribution in [3.63, 3.8) is 0 Å². The number of hydrogen-bond donors (Lipinski definition) is 1. The molecule has 1 fully saturated rings. The van der Waals surface area contributed by atoms with Crippen LogP contribution in [0.1, 0.15) is 30.4 Å². The van der Waals surface area contributed by atoms with Crippen molar-refractivity contribution in [1.29, 1.82) is 0 Å². The maximum absolute atomic E-state index is 6.55. The molecule has 1 aromatic carbocycles. The predicted molar refractivity (Wildman–Crippen MR) is 68.3 cm³/mol. The van der Waals surface area contributed by atoms with Crippen molar-refractivity contribution in [3.05, 3.63) is 29.3 Å². The number of nitrogens with two attached hydrogens (primary N) is 1. The maximum atomic E-state index is 6.55. The smallest absolute Gasteiger partial charge is 0.119 e. The van der Waals surface area contributed by atoms with Gasteiger partial charge in [-0.05, 0) is 49.4 Å². The first-order valence-electron chi connectivity index (χ1n) is 6.17. The number of benzene rings is 1. The normalized spacial score (nSPS) is 25.4. The topological polar surface area (TPSA) is 44.5 Å². The first-order valence-corrected chi connectivity index (χ1v) is 6.17. The second-order valence-corrected chi connectivity index (χ2v) is 4.80. The molecule has 0 aliphatic carbocycles. The number of ether oxygens (including phenoxy) is 2. The first-order chi connectivity index (χ1) is 8.15. The second kappa shape index (κ2) is 5.07. The van der Waals surface area contributed by atoms with E-state index in [2.05, 4.69) is 19.1 Å². The zero-order valence-corrected chi connectivity index (χ0v) is 10.7. The molecule has 1 heterocycles. The molecule has 2 N–H and O–H groups in total. The third kappa shape index (κ3) is 2.61. The SMILES string of the molecule is COc1ccc(C2(N)CCCOCC2)c(C)c1. The fourth-order valence-corrected chi connectivity index (χ4v) is 2.56. The number of aryl methyl sites for hydroxylation is 1. The van der Waals surface area contributed by atoms with Gasteiger partial charge in [0.25, 0.3) is 0 Å². The van der Waals surface area contributed by atoms with Crippen molar-refractivity contribution in [1.82, 2.24) is 0 Å². The Labute approximate surface area is 103 Å².